The van der Waals surface area contributed by atoms with E-state index in [1.807, 2.05) is 41.7 Å². The monoisotopic (exact) mass is 324 g/mol. The van der Waals surface area contributed by atoms with Crippen molar-refractivity contribution < 1.29 is 4.79 Å². The van der Waals surface area contributed by atoms with Crippen LogP contribution in [0.1, 0.15) is 20.6 Å². The first-order valence-electron chi connectivity index (χ1n) is 6.21. The summed E-state index contributed by atoms with van der Waals surface area (Å²) < 4.78 is 0.479. The zero-order valence-electron chi connectivity index (χ0n) is 10.6. The zero-order valence-corrected chi connectivity index (χ0v) is 12.9. The van der Waals surface area contributed by atoms with E-state index in [1.54, 1.807) is 12.3 Å². The van der Waals surface area contributed by atoms with Crippen LogP contribution >= 0.6 is 35.1 Å². The number of aromatic nitrogens is 1. The van der Waals surface area contributed by atoms with Gasteiger partial charge in [-0.2, -0.15) is 0 Å². The van der Waals surface area contributed by atoms with E-state index >= 15 is 0 Å². The number of hydrogen-bond acceptors (Lipinski definition) is 3. The number of halogens is 1. The van der Waals surface area contributed by atoms with Gasteiger partial charge < -0.3 is 10.3 Å². The van der Waals surface area contributed by atoms with Gasteiger partial charge in [0.05, 0.1) is 9.60 Å². The van der Waals surface area contributed by atoms with Crippen molar-refractivity contribution in [1.29, 1.82) is 0 Å². The summed E-state index contributed by atoms with van der Waals surface area (Å²) in [6.07, 6.45) is 1.60. The van der Waals surface area contributed by atoms with Gasteiger partial charge in [0.2, 0.25) is 0 Å². The summed E-state index contributed by atoms with van der Waals surface area (Å²) in [4.78, 5) is 14.9. The molecule has 0 unspecified atom stereocenters. The van der Waals surface area contributed by atoms with Gasteiger partial charge >= 0.3 is 0 Å². The molecule has 0 saturated carbocycles. The molecule has 1 fully saturated rings. The first kappa shape index (κ1) is 13.9. The third kappa shape index (κ3) is 3.16. The molecule has 1 aliphatic rings. The lowest BCUT2D eigenvalue weighted by molar-refractivity contribution is 0.102. The smallest absolute Gasteiger partial charge is 0.272 e. The highest BCUT2D eigenvalue weighted by Gasteiger charge is 2.18. The molecule has 2 heterocycles. The standard InChI is InChI=1S/C14H13ClN2OS2/c15-10-7-12(16-8-10)13(18)17-11-3-1-2-9(6-11)14-19-4-5-20-14/h1-3,6-8,14,16H,4-5H2,(H,17,18). The van der Waals surface area contributed by atoms with E-state index in [0.29, 0.717) is 15.3 Å². The minimum absolute atomic E-state index is 0.180. The third-order valence-corrected chi connectivity index (χ3v) is 6.25. The van der Waals surface area contributed by atoms with Gasteiger partial charge in [0.25, 0.3) is 5.91 Å². The average molecular weight is 325 g/mol. The molecule has 0 spiro atoms. The van der Waals surface area contributed by atoms with Gasteiger partial charge in [0.15, 0.2) is 0 Å². The predicted octanol–water partition coefficient (Wildman–Crippen LogP) is 4.40. The van der Waals surface area contributed by atoms with Crippen LogP contribution in [0.15, 0.2) is 36.5 Å². The number of thioether (sulfide) groups is 2. The van der Waals surface area contributed by atoms with Crippen LogP contribution in [-0.2, 0) is 0 Å². The maximum Gasteiger partial charge on any atom is 0.272 e. The summed E-state index contributed by atoms with van der Waals surface area (Å²) in [5, 5.41) is 3.42. The minimum Gasteiger partial charge on any atom is -0.356 e. The highest BCUT2D eigenvalue weighted by molar-refractivity contribution is 8.19. The maximum absolute atomic E-state index is 12.0. The molecule has 1 saturated heterocycles. The molecule has 0 aliphatic carbocycles. The Kier molecular flexibility index (Phi) is 4.29. The number of rotatable bonds is 3. The first-order chi connectivity index (χ1) is 9.72. The SMILES string of the molecule is O=C(Nc1cccc(C2SCCS2)c1)c1cc(Cl)c[nH]1. The molecule has 104 valence electrons. The molecule has 0 bridgehead atoms. The molecule has 3 rings (SSSR count). The molecule has 0 atom stereocenters. The molecule has 2 aromatic rings. The van der Waals surface area contributed by atoms with Crippen LogP contribution in [-0.4, -0.2) is 22.4 Å². The lowest BCUT2D eigenvalue weighted by atomic mass is 10.2. The Balaban J connectivity index is 1.74. The van der Waals surface area contributed by atoms with E-state index in [9.17, 15) is 4.79 Å². The van der Waals surface area contributed by atoms with E-state index in [1.165, 1.54) is 17.1 Å². The summed E-state index contributed by atoms with van der Waals surface area (Å²) in [6.45, 7) is 0. The summed E-state index contributed by atoms with van der Waals surface area (Å²) in [5.74, 6) is 2.19. The van der Waals surface area contributed by atoms with Gasteiger partial charge in [-0.05, 0) is 23.8 Å². The summed E-state index contributed by atoms with van der Waals surface area (Å²) in [6, 6.07) is 9.64. The summed E-state index contributed by atoms with van der Waals surface area (Å²) in [7, 11) is 0. The predicted molar refractivity (Wildman–Crippen MR) is 87.9 cm³/mol. The Morgan fingerprint density at radius 3 is 2.80 bits per heavy atom. The molecule has 2 N–H and O–H groups in total. The molecule has 1 aromatic carbocycles. The second kappa shape index (κ2) is 6.16. The average Bonchev–Trinajstić information content (AvgIpc) is 3.10. The summed E-state index contributed by atoms with van der Waals surface area (Å²) in [5.41, 5.74) is 2.52. The van der Waals surface area contributed by atoms with Crippen LogP contribution in [0.25, 0.3) is 0 Å². The van der Waals surface area contributed by atoms with Crippen molar-refractivity contribution >= 4 is 46.7 Å². The van der Waals surface area contributed by atoms with Gasteiger partial charge in [-0.15, -0.1) is 23.5 Å². The van der Waals surface area contributed by atoms with Crippen molar-refractivity contribution in [3.8, 4) is 0 Å². The van der Waals surface area contributed by atoms with Gasteiger partial charge in [0.1, 0.15) is 5.69 Å². The number of nitrogens with one attached hydrogen (secondary N) is 2. The van der Waals surface area contributed by atoms with Crippen LogP contribution in [0.3, 0.4) is 0 Å². The minimum atomic E-state index is -0.180. The van der Waals surface area contributed by atoms with Gasteiger partial charge in [0, 0.05) is 23.4 Å². The quantitative estimate of drug-likeness (QED) is 0.879. The Morgan fingerprint density at radius 2 is 2.10 bits per heavy atom. The Hall–Kier alpha value is -1.04. The van der Waals surface area contributed by atoms with E-state index in [2.05, 4.69) is 16.4 Å². The fraction of sp³-hybridized carbons (Fsp3) is 0.214. The Morgan fingerprint density at radius 1 is 1.30 bits per heavy atom. The number of aromatic amines is 1. The summed E-state index contributed by atoms with van der Waals surface area (Å²) >= 11 is 9.70. The van der Waals surface area contributed by atoms with Crippen LogP contribution in [0.5, 0.6) is 0 Å². The molecule has 6 heteroatoms. The Bertz CT molecular complexity index is 623. The number of H-pyrrole nitrogens is 1. The lowest BCUT2D eigenvalue weighted by Crippen LogP contribution is -2.12. The molecular weight excluding hydrogens is 312 g/mol. The van der Waals surface area contributed by atoms with Crippen molar-refractivity contribution in [3.63, 3.8) is 0 Å². The van der Waals surface area contributed by atoms with Crippen LogP contribution in [0, 0.1) is 0 Å². The molecule has 1 aromatic heterocycles. The number of carbonyl (C=O) groups is 1. The topological polar surface area (TPSA) is 44.9 Å². The van der Waals surface area contributed by atoms with E-state index in [4.69, 9.17) is 11.6 Å². The molecular formula is C14H13ClN2OS2. The second-order valence-electron chi connectivity index (χ2n) is 4.38. The fourth-order valence-electron chi connectivity index (χ4n) is 2.01. The van der Waals surface area contributed by atoms with Crippen molar-refractivity contribution in [1.82, 2.24) is 4.98 Å². The molecule has 20 heavy (non-hydrogen) atoms. The fourth-order valence-corrected chi connectivity index (χ4v) is 5.01. The normalized spacial score (nSPS) is 15.4. The van der Waals surface area contributed by atoms with Crippen molar-refractivity contribution in [3.05, 3.63) is 52.8 Å². The van der Waals surface area contributed by atoms with Gasteiger partial charge in [-0.3, -0.25) is 4.79 Å². The van der Waals surface area contributed by atoms with Gasteiger partial charge in [-0.25, -0.2) is 0 Å². The van der Waals surface area contributed by atoms with Crippen LogP contribution in [0.4, 0.5) is 5.69 Å². The number of amides is 1. The largest absolute Gasteiger partial charge is 0.356 e. The number of benzene rings is 1. The molecule has 1 amide bonds. The highest BCUT2D eigenvalue weighted by Crippen LogP contribution is 2.45. The van der Waals surface area contributed by atoms with Crippen molar-refractivity contribution in [2.45, 2.75) is 4.58 Å². The Labute approximate surface area is 130 Å². The zero-order chi connectivity index (χ0) is 13.9. The third-order valence-electron chi connectivity index (χ3n) is 2.93. The highest BCUT2D eigenvalue weighted by atomic mass is 35.5. The maximum atomic E-state index is 12.0. The number of hydrogen-bond donors (Lipinski definition) is 2. The number of anilines is 1. The second-order valence-corrected chi connectivity index (χ2v) is 7.55. The van der Waals surface area contributed by atoms with E-state index in [-0.39, 0.29) is 5.91 Å². The van der Waals surface area contributed by atoms with Crippen LogP contribution < -0.4 is 5.32 Å². The van der Waals surface area contributed by atoms with E-state index in [0.717, 1.165) is 5.69 Å². The van der Waals surface area contributed by atoms with Crippen LogP contribution in [0.2, 0.25) is 5.02 Å². The van der Waals surface area contributed by atoms with Crippen molar-refractivity contribution in [2.24, 2.45) is 0 Å². The molecule has 1 aliphatic heterocycles. The van der Waals surface area contributed by atoms with Crippen molar-refractivity contribution in [2.75, 3.05) is 16.8 Å². The van der Waals surface area contributed by atoms with Gasteiger partial charge in [-0.1, -0.05) is 23.7 Å². The molecule has 0 radical (unpaired) electrons. The lowest BCUT2D eigenvalue weighted by Gasteiger charge is -2.10. The van der Waals surface area contributed by atoms with E-state index < -0.39 is 0 Å². The number of carbonyl (C=O) groups excluding carboxylic acids is 1. The molecule has 3 nitrogen and oxygen atoms in total. The first-order valence-corrected chi connectivity index (χ1v) is 8.68.